The first-order valence-corrected chi connectivity index (χ1v) is 6.34. The molecule has 92 valence electrons. The first-order chi connectivity index (χ1) is 7.49. The highest BCUT2D eigenvalue weighted by atomic mass is 15.0. The normalized spacial score (nSPS) is 17.8. The maximum absolute atomic E-state index is 4.02. The van der Waals surface area contributed by atoms with Crippen molar-refractivity contribution in [2.24, 2.45) is 5.41 Å². The van der Waals surface area contributed by atoms with Crippen molar-refractivity contribution in [2.75, 3.05) is 7.05 Å². The van der Waals surface area contributed by atoms with E-state index in [1.165, 1.54) is 0 Å². The van der Waals surface area contributed by atoms with Crippen LogP contribution in [0.5, 0.6) is 0 Å². The van der Waals surface area contributed by atoms with Gasteiger partial charge in [-0.1, -0.05) is 45.1 Å². The molecule has 1 heteroatoms. The molecule has 0 saturated carbocycles. The number of allylic oxidation sites excluding steroid dienone is 4. The molecule has 2 unspecified atom stereocenters. The van der Waals surface area contributed by atoms with E-state index in [1.54, 1.807) is 0 Å². The van der Waals surface area contributed by atoms with Gasteiger partial charge in [0, 0.05) is 18.3 Å². The van der Waals surface area contributed by atoms with Gasteiger partial charge >= 0.3 is 0 Å². The molecule has 0 aliphatic rings. The van der Waals surface area contributed by atoms with Crippen molar-refractivity contribution >= 4 is 6.72 Å². The summed E-state index contributed by atoms with van der Waals surface area (Å²) in [6.07, 6.45) is 12.4. The first-order valence-electron chi connectivity index (χ1n) is 6.34. The third-order valence-corrected chi connectivity index (χ3v) is 3.05. The number of hydrogen-bond acceptors (Lipinski definition) is 0. The molecule has 1 nitrogen and oxygen atoms in total. The van der Waals surface area contributed by atoms with E-state index in [0.29, 0.717) is 6.04 Å². The quantitative estimate of drug-likeness (QED) is 0.347. The fraction of sp³-hybridized carbons (Fsp3) is 0.667. The van der Waals surface area contributed by atoms with Crippen LogP contribution in [0.4, 0.5) is 0 Å². The molecule has 16 heavy (non-hydrogen) atoms. The lowest BCUT2D eigenvalue weighted by atomic mass is 9.82. The van der Waals surface area contributed by atoms with Gasteiger partial charge in [-0.05, 0) is 13.3 Å². The second-order valence-electron chi connectivity index (χ2n) is 4.84. The second-order valence-corrected chi connectivity index (χ2v) is 4.84. The van der Waals surface area contributed by atoms with E-state index in [9.17, 15) is 0 Å². The van der Waals surface area contributed by atoms with Crippen LogP contribution < -0.4 is 0 Å². The Morgan fingerprint density at radius 3 is 2.31 bits per heavy atom. The van der Waals surface area contributed by atoms with Crippen LogP contribution >= 0.6 is 0 Å². The third-order valence-electron chi connectivity index (χ3n) is 3.05. The van der Waals surface area contributed by atoms with Gasteiger partial charge in [0.2, 0.25) is 0 Å². The summed E-state index contributed by atoms with van der Waals surface area (Å²) >= 11 is 0. The van der Waals surface area contributed by atoms with Crippen LogP contribution in [-0.2, 0) is 0 Å². The number of nitrogens with zero attached hydrogens (tertiary/aromatic N) is 1. The maximum Gasteiger partial charge on any atom is 0.152 e. The summed E-state index contributed by atoms with van der Waals surface area (Å²) < 4.78 is 2.08. The molecule has 0 fully saturated rings. The molecule has 0 aromatic heterocycles. The highest BCUT2D eigenvalue weighted by Crippen LogP contribution is 2.29. The molecule has 0 saturated heterocycles. The van der Waals surface area contributed by atoms with E-state index >= 15 is 0 Å². The first kappa shape index (κ1) is 15.2. The molecule has 0 radical (unpaired) electrons. The second kappa shape index (κ2) is 7.43. The van der Waals surface area contributed by atoms with E-state index in [1.807, 2.05) is 0 Å². The lowest BCUT2D eigenvalue weighted by Crippen LogP contribution is -2.27. The number of hydrogen-bond donors (Lipinski definition) is 0. The molecule has 0 aliphatic carbocycles. The van der Waals surface area contributed by atoms with Crippen molar-refractivity contribution < 1.29 is 4.58 Å². The van der Waals surface area contributed by atoms with E-state index < -0.39 is 0 Å². The smallest absolute Gasteiger partial charge is 0.152 e. The zero-order chi connectivity index (χ0) is 12.6. The lowest BCUT2D eigenvalue weighted by molar-refractivity contribution is -0.533. The summed E-state index contributed by atoms with van der Waals surface area (Å²) in [7, 11) is 2.06. The Morgan fingerprint density at radius 1 is 1.31 bits per heavy atom. The van der Waals surface area contributed by atoms with Crippen molar-refractivity contribution in [3.63, 3.8) is 0 Å². The molecule has 0 spiro atoms. The number of rotatable bonds is 7. The van der Waals surface area contributed by atoms with Crippen molar-refractivity contribution in [1.82, 2.24) is 0 Å². The molecule has 0 aliphatic heterocycles. The molecule has 2 atom stereocenters. The van der Waals surface area contributed by atoms with Gasteiger partial charge in [0.15, 0.2) is 6.04 Å². The highest BCUT2D eigenvalue weighted by Gasteiger charge is 2.25. The van der Waals surface area contributed by atoms with Crippen molar-refractivity contribution in [2.45, 2.75) is 53.0 Å². The van der Waals surface area contributed by atoms with Gasteiger partial charge < -0.3 is 0 Å². The van der Waals surface area contributed by atoms with E-state index in [2.05, 4.69) is 70.3 Å². The average molecular weight is 222 g/mol. The molecule has 0 N–H and O–H groups in total. The zero-order valence-electron chi connectivity index (χ0n) is 11.7. The molecule has 0 bridgehead atoms. The summed E-state index contributed by atoms with van der Waals surface area (Å²) in [4.78, 5) is 0. The summed E-state index contributed by atoms with van der Waals surface area (Å²) in [6, 6.07) is 0.544. The Morgan fingerprint density at radius 2 is 1.94 bits per heavy atom. The Kier molecular flexibility index (Phi) is 7.03. The zero-order valence-corrected chi connectivity index (χ0v) is 11.7. The Labute approximate surface area is 102 Å². The van der Waals surface area contributed by atoms with Gasteiger partial charge in [-0.15, -0.1) is 0 Å². The van der Waals surface area contributed by atoms with Crippen LogP contribution in [-0.4, -0.2) is 24.4 Å². The molecule has 0 rings (SSSR count). The predicted octanol–water partition coefficient (Wildman–Crippen LogP) is 4.05. The van der Waals surface area contributed by atoms with Crippen molar-refractivity contribution in [3.05, 3.63) is 24.3 Å². The van der Waals surface area contributed by atoms with Crippen LogP contribution in [0.25, 0.3) is 0 Å². The third kappa shape index (κ3) is 5.29. The van der Waals surface area contributed by atoms with Crippen LogP contribution in [0, 0.1) is 5.41 Å². The van der Waals surface area contributed by atoms with E-state index in [0.717, 1.165) is 19.3 Å². The Hall–Kier alpha value is -0.850. The van der Waals surface area contributed by atoms with E-state index in [-0.39, 0.29) is 5.41 Å². The van der Waals surface area contributed by atoms with Gasteiger partial charge in [-0.3, -0.25) is 0 Å². The molecular formula is C15H28N+. The molecule has 0 heterocycles. The minimum atomic E-state index is 0.164. The van der Waals surface area contributed by atoms with E-state index in [4.69, 9.17) is 0 Å². The highest BCUT2D eigenvalue weighted by molar-refractivity contribution is 5.15. The van der Waals surface area contributed by atoms with Crippen LogP contribution in [0.3, 0.4) is 0 Å². The van der Waals surface area contributed by atoms with Crippen LogP contribution in [0.15, 0.2) is 24.3 Å². The fourth-order valence-corrected chi connectivity index (χ4v) is 2.08. The predicted molar refractivity (Wildman–Crippen MR) is 74.4 cm³/mol. The lowest BCUT2D eigenvalue weighted by Gasteiger charge is -2.25. The Bertz CT molecular complexity index is 263. The standard InChI is InChI=1S/C15H28N/c1-7-10-12-15(4,11-8-2)13-14(9-3)16(5)6/h8,10-12,14H,5,7,9,13H2,1-4,6H3/q+1. The summed E-state index contributed by atoms with van der Waals surface area (Å²) in [5, 5.41) is 0. The van der Waals surface area contributed by atoms with Crippen molar-refractivity contribution in [3.8, 4) is 0 Å². The van der Waals surface area contributed by atoms with Gasteiger partial charge in [0.05, 0.1) is 0 Å². The largest absolute Gasteiger partial charge is 0.242 e. The summed E-state index contributed by atoms with van der Waals surface area (Å²) in [5.74, 6) is 0. The SMILES string of the molecule is C=[N+](C)C(CC)CC(C)(C=CC)C=CCC. The minimum absolute atomic E-state index is 0.164. The summed E-state index contributed by atoms with van der Waals surface area (Å²) in [6.45, 7) is 12.8. The maximum atomic E-state index is 4.02. The monoisotopic (exact) mass is 222 g/mol. The Balaban J connectivity index is 4.78. The summed E-state index contributed by atoms with van der Waals surface area (Å²) in [5.41, 5.74) is 0.164. The molecule has 0 aromatic rings. The van der Waals surface area contributed by atoms with Gasteiger partial charge in [-0.25, -0.2) is 4.58 Å². The topological polar surface area (TPSA) is 3.01 Å². The minimum Gasteiger partial charge on any atom is -0.242 e. The molecule has 0 aromatic carbocycles. The van der Waals surface area contributed by atoms with Crippen molar-refractivity contribution in [1.29, 1.82) is 0 Å². The molecule has 0 amide bonds. The average Bonchev–Trinajstić information content (AvgIpc) is 2.23. The van der Waals surface area contributed by atoms with Gasteiger partial charge in [-0.2, -0.15) is 0 Å². The van der Waals surface area contributed by atoms with Crippen LogP contribution in [0.2, 0.25) is 0 Å². The van der Waals surface area contributed by atoms with Crippen LogP contribution in [0.1, 0.15) is 47.0 Å². The molecular weight excluding hydrogens is 194 g/mol. The fourth-order valence-electron chi connectivity index (χ4n) is 2.08. The van der Waals surface area contributed by atoms with Gasteiger partial charge in [0.1, 0.15) is 13.8 Å². The van der Waals surface area contributed by atoms with Gasteiger partial charge in [0.25, 0.3) is 0 Å².